The minimum Gasteiger partial charge on any atom is -0.323 e. The highest BCUT2D eigenvalue weighted by Gasteiger charge is 2.19. The van der Waals surface area contributed by atoms with Crippen molar-refractivity contribution in [1.29, 1.82) is 0 Å². The van der Waals surface area contributed by atoms with E-state index in [9.17, 15) is 4.79 Å². The van der Waals surface area contributed by atoms with Gasteiger partial charge in [-0.2, -0.15) is 0 Å². The van der Waals surface area contributed by atoms with Gasteiger partial charge in [-0.15, -0.1) is 5.10 Å². The zero-order valence-electron chi connectivity index (χ0n) is 14.1. The van der Waals surface area contributed by atoms with Gasteiger partial charge in [0.15, 0.2) is 5.82 Å². The van der Waals surface area contributed by atoms with Gasteiger partial charge in [0, 0.05) is 5.56 Å². The Bertz CT molecular complexity index is 907. The second-order valence-electron chi connectivity index (χ2n) is 5.68. The Balaban J connectivity index is 1.67. The number of amides is 1. The predicted octanol–water partition coefficient (Wildman–Crippen LogP) is 5.21. The molecule has 134 valence electrons. The number of H-pyrrole nitrogens is 1. The summed E-state index contributed by atoms with van der Waals surface area (Å²) in [4.78, 5) is 16.9. The van der Waals surface area contributed by atoms with E-state index in [2.05, 4.69) is 20.5 Å². The number of nitrogens with zero attached hydrogens (tertiary/aromatic N) is 2. The van der Waals surface area contributed by atoms with E-state index in [1.54, 1.807) is 25.1 Å². The topological polar surface area (TPSA) is 70.7 Å². The third-order valence-corrected chi connectivity index (χ3v) is 5.24. The first-order chi connectivity index (χ1) is 12.4. The van der Waals surface area contributed by atoms with Crippen LogP contribution in [-0.4, -0.2) is 26.3 Å². The van der Waals surface area contributed by atoms with E-state index in [1.165, 1.54) is 17.3 Å². The number of aryl methyl sites for hydroxylation is 1. The first-order valence-electron chi connectivity index (χ1n) is 7.85. The molecule has 2 aromatic carbocycles. The Kier molecular flexibility index (Phi) is 5.86. The number of nitrogens with one attached hydrogen (secondary N) is 2. The summed E-state index contributed by atoms with van der Waals surface area (Å²) in [5.41, 5.74) is 2.52. The molecule has 0 aliphatic rings. The molecule has 1 heterocycles. The number of aromatic amines is 1. The number of halogens is 2. The smallest absolute Gasteiger partial charge is 0.237 e. The standard InChI is InChI=1S/C18H16Cl2N4OS/c1-10-6-8-12(9-7-10)16-22-18(24-23-16)26-11(2)17(25)21-15-13(19)4-3-5-14(15)20/h3-9,11H,1-2H3,(H,21,25)(H,22,23,24)/t11-/m1/s1. The molecule has 5 nitrogen and oxygen atoms in total. The first-order valence-corrected chi connectivity index (χ1v) is 9.48. The molecule has 26 heavy (non-hydrogen) atoms. The number of rotatable bonds is 5. The van der Waals surface area contributed by atoms with Crippen molar-refractivity contribution in [2.75, 3.05) is 5.32 Å². The van der Waals surface area contributed by atoms with Gasteiger partial charge in [-0.25, -0.2) is 4.98 Å². The van der Waals surface area contributed by atoms with Crippen LogP contribution < -0.4 is 5.32 Å². The number of carbonyl (C=O) groups is 1. The molecule has 0 fully saturated rings. The molecule has 3 aromatic rings. The van der Waals surface area contributed by atoms with Crippen LogP contribution in [0.1, 0.15) is 12.5 Å². The lowest BCUT2D eigenvalue weighted by Gasteiger charge is -2.12. The van der Waals surface area contributed by atoms with E-state index in [-0.39, 0.29) is 5.91 Å². The number of anilines is 1. The number of thioether (sulfide) groups is 1. The molecule has 0 spiro atoms. The van der Waals surface area contributed by atoms with Gasteiger partial charge < -0.3 is 5.32 Å². The molecular weight excluding hydrogens is 391 g/mol. The van der Waals surface area contributed by atoms with E-state index in [0.29, 0.717) is 26.7 Å². The van der Waals surface area contributed by atoms with Crippen molar-refractivity contribution in [1.82, 2.24) is 15.2 Å². The van der Waals surface area contributed by atoms with Gasteiger partial charge in [-0.3, -0.25) is 9.89 Å². The third kappa shape index (κ3) is 4.38. The van der Waals surface area contributed by atoms with Crippen LogP contribution >= 0.6 is 35.0 Å². The van der Waals surface area contributed by atoms with E-state index >= 15 is 0 Å². The summed E-state index contributed by atoms with van der Waals surface area (Å²) >= 11 is 13.4. The van der Waals surface area contributed by atoms with Crippen molar-refractivity contribution in [2.45, 2.75) is 24.3 Å². The number of hydrogen-bond acceptors (Lipinski definition) is 4. The molecule has 0 aliphatic carbocycles. The van der Waals surface area contributed by atoms with Crippen LogP contribution in [0.5, 0.6) is 0 Å². The highest BCUT2D eigenvalue weighted by atomic mass is 35.5. The molecule has 1 aromatic heterocycles. The van der Waals surface area contributed by atoms with Crippen molar-refractivity contribution in [3.8, 4) is 11.4 Å². The molecule has 0 unspecified atom stereocenters. The summed E-state index contributed by atoms with van der Waals surface area (Å²) in [6.45, 7) is 3.80. The normalized spacial score (nSPS) is 12.0. The third-order valence-electron chi connectivity index (χ3n) is 3.65. The largest absolute Gasteiger partial charge is 0.323 e. The summed E-state index contributed by atoms with van der Waals surface area (Å²) in [7, 11) is 0. The van der Waals surface area contributed by atoms with E-state index in [1.807, 2.05) is 31.2 Å². The molecule has 0 radical (unpaired) electrons. The molecule has 3 rings (SSSR count). The Labute approximate surface area is 165 Å². The number of para-hydroxylation sites is 1. The minimum absolute atomic E-state index is 0.230. The van der Waals surface area contributed by atoms with E-state index in [4.69, 9.17) is 23.2 Å². The summed E-state index contributed by atoms with van der Waals surface area (Å²) < 4.78 is 0. The maximum absolute atomic E-state index is 12.4. The molecule has 1 atom stereocenters. The van der Waals surface area contributed by atoms with Crippen molar-refractivity contribution in [2.24, 2.45) is 0 Å². The van der Waals surface area contributed by atoms with Gasteiger partial charge in [0.05, 0.1) is 21.0 Å². The van der Waals surface area contributed by atoms with Gasteiger partial charge in [0.25, 0.3) is 0 Å². The van der Waals surface area contributed by atoms with Crippen LogP contribution in [-0.2, 0) is 4.79 Å². The first kappa shape index (κ1) is 18.8. The number of hydrogen-bond donors (Lipinski definition) is 2. The summed E-state index contributed by atoms with van der Waals surface area (Å²) in [5.74, 6) is 0.431. The van der Waals surface area contributed by atoms with E-state index < -0.39 is 5.25 Å². The van der Waals surface area contributed by atoms with E-state index in [0.717, 1.165) is 5.56 Å². The number of aromatic nitrogens is 3. The minimum atomic E-state index is -0.427. The molecule has 0 saturated carbocycles. The van der Waals surface area contributed by atoms with Gasteiger partial charge in [-0.05, 0) is 26.0 Å². The van der Waals surface area contributed by atoms with Gasteiger partial charge in [-0.1, -0.05) is 70.9 Å². The summed E-state index contributed by atoms with van der Waals surface area (Å²) in [5, 5.41) is 10.7. The lowest BCUT2D eigenvalue weighted by molar-refractivity contribution is -0.115. The van der Waals surface area contributed by atoms with Crippen molar-refractivity contribution < 1.29 is 4.79 Å². The molecular formula is C18H16Cl2N4OS. The average molecular weight is 407 g/mol. The Morgan fingerprint density at radius 2 is 1.81 bits per heavy atom. The van der Waals surface area contributed by atoms with Crippen LogP contribution in [0.3, 0.4) is 0 Å². The molecule has 0 saturated heterocycles. The second kappa shape index (κ2) is 8.12. The van der Waals surface area contributed by atoms with Crippen molar-refractivity contribution in [3.05, 3.63) is 58.1 Å². The fourth-order valence-electron chi connectivity index (χ4n) is 2.19. The number of benzene rings is 2. The highest BCUT2D eigenvalue weighted by molar-refractivity contribution is 8.00. The maximum atomic E-state index is 12.4. The van der Waals surface area contributed by atoms with Gasteiger partial charge >= 0.3 is 0 Å². The Morgan fingerprint density at radius 3 is 2.46 bits per heavy atom. The van der Waals surface area contributed by atoms with Gasteiger partial charge in [0.1, 0.15) is 0 Å². The second-order valence-corrected chi connectivity index (χ2v) is 7.80. The Hall–Kier alpha value is -2.02. The molecule has 1 amide bonds. The van der Waals surface area contributed by atoms with Crippen LogP contribution in [0.2, 0.25) is 10.0 Å². The fraction of sp³-hybridized carbons (Fsp3) is 0.167. The van der Waals surface area contributed by atoms with Crippen molar-refractivity contribution >= 4 is 46.6 Å². The van der Waals surface area contributed by atoms with Crippen LogP contribution in [0.15, 0.2) is 47.6 Å². The van der Waals surface area contributed by atoms with Crippen LogP contribution in [0.4, 0.5) is 5.69 Å². The molecule has 2 N–H and O–H groups in total. The monoisotopic (exact) mass is 406 g/mol. The molecule has 0 aliphatic heterocycles. The van der Waals surface area contributed by atoms with Crippen LogP contribution in [0, 0.1) is 6.92 Å². The SMILES string of the molecule is Cc1ccc(-c2nc(S[C@H](C)C(=O)Nc3c(Cl)cccc3Cl)n[nH]2)cc1. The van der Waals surface area contributed by atoms with Crippen LogP contribution in [0.25, 0.3) is 11.4 Å². The Morgan fingerprint density at radius 1 is 1.15 bits per heavy atom. The zero-order chi connectivity index (χ0) is 18.7. The molecule has 0 bridgehead atoms. The summed E-state index contributed by atoms with van der Waals surface area (Å²) in [6.07, 6.45) is 0. The number of carbonyl (C=O) groups excluding carboxylic acids is 1. The quantitative estimate of drug-likeness (QED) is 0.570. The predicted molar refractivity (Wildman–Crippen MR) is 107 cm³/mol. The van der Waals surface area contributed by atoms with Gasteiger partial charge in [0.2, 0.25) is 11.1 Å². The fourth-order valence-corrected chi connectivity index (χ4v) is 3.41. The van der Waals surface area contributed by atoms with Crippen molar-refractivity contribution in [3.63, 3.8) is 0 Å². The lowest BCUT2D eigenvalue weighted by atomic mass is 10.1. The average Bonchev–Trinajstić information content (AvgIpc) is 3.07. The maximum Gasteiger partial charge on any atom is 0.237 e. The zero-order valence-corrected chi connectivity index (χ0v) is 16.4. The highest BCUT2D eigenvalue weighted by Crippen LogP contribution is 2.31. The summed E-state index contributed by atoms with van der Waals surface area (Å²) in [6, 6.07) is 13.0. The molecule has 8 heteroatoms. The lowest BCUT2D eigenvalue weighted by Crippen LogP contribution is -2.22.